The molecule has 0 spiro atoms. The van der Waals surface area contributed by atoms with Crippen LogP contribution in [-0.4, -0.2) is 46.6 Å². The van der Waals surface area contributed by atoms with Crippen LogP contribution in [0.1, 0.15) is 45.4 Å². The minimum Gasteiger partial charge on any atom is -0.454 e. The Morgan fingerprint density at radius 3 is 2.83 bits per heavy atom. The van der Waals surface area contributed by atoms with Gasteiger partial charge < -0.3 is 24.7 Å². The average Bonchev–Trinajstić information content (AvgIpc) is 3.67. The van der Waals surface area contributed by atoms with Crippen molar-refractivity contribution in [2.45, 2.75) is 31.7 Å². The Hall–Kier alpha value is -3.85. The van der Waals surface area contributed by atoms with E-state index in [1.807, 2.05) is 58.9 Å². The number of hydrogen-bond acceptors (Lipinski definition) is 6. The number of fused-ring (bicyclic) bond motifs is 2. The lowest BCUT2D eigenvalue weighted by Gasteiger charge is -2.31. The molecule has 9 heteroatoms. The van der Waals surface area contributed by atoms with Crippen molar-refractivity contribution in [2.75, 3.05) is 19.9 Å². The summed E-state index contributed by atoms with van der Waals surface area (Å²) in [5.74, 6) is 1.65. The smallest absolute Gasteiger partial charge is 0.271 e. The molecule has 36 heavy (non-hydrogen) atoms. The standard InChI is InChI=1S/C27H26N4O4S/c32-25(12-19-14-28-21-4-2-1-3-20(19)21)31-9-7-18(8-10-31)27-30-22(15-36-27)26(33)29-13-17-5-6-23-24(11-17)35-16-34-23/h1-6,11,14-15,18,28H,7-10,12-13,16H2,(H,29,33). The molecule has 6 rings (SSSR count). The van der Waals surface area contributed by atoms with Gasteiger partial charge in [-0.25, -0.2) is 4.98 Å². The largest absolute Gasteiger partial charge is 0.454 e. The average molecular weight is 503 g/mol. The van der Waals surface area contributed by atoms with Crippen LogP contribution in [0.25, 0.3) is 10.9 Å². The van der Waals surface area contributed by atoms with Gasteiger partial charge in [-0.3, -0.25) is 9.59 Å². The third-order valence-corrected chi connectivity index (χ3v) is 7.87. The van der Waals surface area contributed by atoms with Crippen LogP contribution in [0.2, 0.25) is 0 Å². The van der Waals surface area contributed by atoms with Gasteiger partial charge in [0.15, 0.2) is 11.5 Å². The fraction of sp³-hybridized carbons (Fsp3) is 0.296. The zero-order chi connectivity index (χ0) is 24.5. The molecule has 2 aliphatic heterocycles. The Balaban J connectivity index is 1.01. The molecule has 2 aromatic carbocycles. The van der Waals surface area contributed by atoms with Gasteiger partial charge in [0, 0.05) is 48.0 Å². The van der Waals surface area contributed by atoms with Crippen molar-refractivity contribution >= 4 is 34.1 Å². The second-order valence-corrected chi connectivity index (χ2v) is 10.0. The molecule has 184 valence electrons. The monoisotopic (exact) mass is 502 g/mol. The van der Waals surface area contributed by atoms with Crippen LogP contribution in [0.4, 0.5) is 0 Å². The highest BCUT2D eigenvalue weighted by atomic mass is 32.1. The van der Waals surface area contributed by atoms with Crippen LogP contribution in [0.5, 0.6) is 11.5 Å². The summed E-state index contributed by atoms with van der Waals surface area (Å²) in [5.41, 5.74) is 3.47. The number of carbonyl (C=O) groups is 2. The molecule has 0 aliphatic carbocycles. The molecule has 0 radical (unpaired) electrons. The maximum Gasteiger partial charge on any atom is 0.271 e. The third kappa shape index (κ3) is 4.54. The summed E-state index contributed by atoms with van der Waals surface area (Å²) < 4.78 is 10.7. The highest BCUT2D eigenvalue weighted by Gasteiger charge is 2.27. The SMILES string of the molecule is O=C(NCc1ccc2c(c1)OCO2)c1csc(C2CCN(C(=O)Cc3c[nH]c4ccccc34)CC2)n1. The molecule has 0 atom stereocenters. The number of piperidine rings is 1. The van der Waals surface area contributed by atoms with Crippen molar-refractivity contribution in [1.82, 2.24) is 20.2 Å². The summed E-state index contributed by atoms with van der Waals surface area (Å²) in [5, 5.41) is 6.82. The number of ether oxygens (including phenoxy) is 2. The lowest BCUT2D eigenvalue weighted by Crippen LogP contribution is -2.38. The van der Waals surface area contributed by atoms with E-state index in [1.165, 1.54) is 11.3 Å². The van der Waals surface area contributed by atoms with Crippen LogP contribution >= 0.6 is 11.3 Å². The first-order chi connectivity index (χ1) is 17.6. The number of aromatic nitrogens is 2. The minimum absolute atomic E-state index is 0.154. The lowest BCUT2D eigenvalue weighted by molar-refractivity contribution is -0.131. The second-order valence-electron chi connectivity index (χ2n) is 9.13. The number of nitrogens with one attached hydrogen (secondary N) is 2. The van der Waals surface area contributed by atoms with Crippen LogP contribution in [0.3, 0.4) is 0 Å². The Morgan fingerprint density at radius 2 is 1.94 bits per heavy atom. The fourth-order valence-electron chi connectivity index (χ4n) is 4.83. The zero-order valence-electron chi connectivity index (χ0n) is 19.7. The summed E-state index contributed by atoms with van der Waals surface area (Å²) in [7, 11) is 0. The number of rotatable bonds is 6. The molecule has 2 aromatic heterocycles. The van der Waals surface area contributed by atoms with Crippen LogP contribution in [0, 0.1) is 0 Å². The molecule has 8 nitrogen and oxygen atoms in total. The van der Waals surface area contributed by atoms with Crippen molar-refractivity contribution in [3.05, 3.63) is 75.9 Å². The molecule has 1 fully saturated rings. The van der Waals surface area contributed by atoms with Gasteiger partial charge in [0.25, 0.3) is 5.91 Å². The molecular weight excluding hydrogens is 476 g/mol. The number of likely N-dealkylation sites (tertiary alicyclic amines) is 1. The van der Waals surface area contributed by atoms with Gasteiger partial charge in [-0.15, -0.1) is 11.3 Å². The summed E-state index contributed by atoms with van der Waals surface area (Å²) in [6, 6.07) is 13.7. The van der Waals surface area contributed by atoms with Crippen LogP contribution in [-0.2, 0) is 17.8 Å². The molecule has 2 amide bonds. The number of para-hydroxylation sites is 1. The van der Waals surface area contributed by atoms with Gasteiger partial charge in [0.05, 0.1) is 11.4 Å². The highest BCUT2D eigenvalue weighted by Crippen LogP contribution is 2.33. The van der Waals surface area contributed by atoms with Gasteiger partial charge in [-0.2, -0.15) is 0 Å². The lowest BCUT2D eigenvalue weighted by atomic mass is 9.97. The Bertz CT molecular complexity index is 1420. The van der Waals surface area contributed by atoms with Crippen molar-refractivity contribution in [2.24, 2.45) is 0 Å². The number of benzene rings is 2. The van der Waals surface area contributed by atoms with E-state index in [9.17, 15) is 9.59 Å². The van der Waals surface area contributed by atoms with Gasteiger partial charge in [0.1, 0.15) is 5.69 Å². The van der Waals surface area contributed by atoms with E-state index in [-0.39, 0.29) is 24.5 Å². The van der Waals surface area contributed by atoms with E-state index in [4.69, 9.17) is 9.47 Å². The minimum atomic E-state index is -0.193. The van der Waals surface area contributed by atoms with Gasteiger partial charge >= 0.3 is 0 Å². The quantitative estimate of drug-likeness (QED) is 0.411. The Kier molecular flexibility index (Phi) is 6.06. The summed E-state index contributed by atoms with van der Waals surface area (Å²) >= 11 is 1.52. The predicted octanol–water partition coefficient (Wildman–Crippen LogP) is 4.23. The maximum absolute atomic E-state index is 12.9. The van der Waals surface area contributed by atoms with Gasteiger partial charge in [-0.1, -0.05) is 24.3 Å². The molecular formula is C27H26N4O4S. The van der Waals surface area contributed by atoms with E-state index in [0.717, 1.165) is 45.6 Å². The van der Waals surface area contributed by atoms with Gasteiger partial charge in [0.2, 0.25) is 12.7 Å². The maximum atomic E-state index is 12.9. The summed E-state index contributed by atoms with van der Waals surface area (Å²) in [4.78, 5) is 35.4. The number of aromatic amines is 1. The predicted molar refractivity (Wildman–Crippen MR) is 136 cm³/mol. The number of H-pyrrole nitrogens is 1. The first-order valence-electron chi connectivity index (χ1n) is 12.1. The molecule has 4 heterocycles. The molecule has 0 unspecified atom stereocenters. The first kappa shape index (κ1) is 22.6. The van der Waals surface area contributed by atoms with E-state index in [0.29, 0.717) is 37.5 Å². The van der Waals surface area contributed by atoms with Crippen molar-refractivity contribution < 1.29 is 19.1 Å². The van der Waals surface area contributed by atoms with E-state index >= 15 is 0 Å². The number of nitrogens with zero attached hydrogens (tertiary/aromatic N) is 2. The highest BCUT2D eigenvalue weighted by molar-refractivity contribution is 7.09. The normalized spacial score (nSPS) is 15.4. The summed E-state index contributed by atoms with van der Waals surface area (Å²) in [6.45, 7) is 2.03. The number of thiazole rings is 1. The van der Waals surface area contributed by atoms with E-state index in [2.05, 4.69) is 15.3 Å². The Labute approximate surface area is 212 Å². The molecule has 0 bridgehead atoms. The van der Waals surface area contributed by atoms with Crippen molar-refractivity contribution in [3.8, 4) is 11.5 Å². The number of carbonyl (C=O) groups excluding carboxylic acids is 2. The number of hydrogen-bond donors (Lipinski definition) is 2. The van der Waals surface area contributed by atoms with E-state index in [1.54, 1.807) is 0 Å². The van der Waals surface area contributed by atoms with Crippen molar-refractivity contribution in [3.63, 3.8) is 0 Å². The van der Waals surface area contributed by atoms with Crippen LogP contribution < -0.4 is 14.8 Å². The third-order valence-electron chi connectivity index (χ3n) is 6.86. The molecule has 4 aromatic rings. The first-order valence-corrected chi connectivity index (χ1v) is 13.0. The van der Waals surface area contributed by atoms with Gasteiger partial charge in [-0.05, 0) is 42.2 Å². The molecule has 0 saturated carbocycles. The summed E-state index contributed by atoms with van der Waals surface area (Å²) in [6.07, 6.45) is 4.04. The van der Waals surface area contributed by atoms with E-state index < -0.39 is 0 Å². The molecule has 2 aliphatic rings. The Morgan fingerprint density at radius 1 is 1.11 bits per heavy atom. The zero-order valence-corrected chi connectivity index (χ0v) is 20.5. The number of amides is 2. The topological polar surface area (TPSA) is 96.5 Å². The second kappa shape index (κ2) is 9.66. The molecule has 1 saturated heterocycles. The van der Waals surface area contributed by atoms with Crippen molar-refractivity contribution in [1.29, 1.82) is 0 Å². The fourth-order valence-corrected chi connectivity index (χ4v) is 5.80. The molecule has 2 N–H and O–H groups in total. The van der Waals surface area contributed by atoms with Crippen LogP contribution in [0.15, 0.2) is 54.0 Å².